The van der Waals surface area contributed by atoms with Crippen LogP contribution in [-0.2, 0) is 19.1 Å². The zero-order valence-electron chi connectivity index (χ0n) is 13.4. The summed E-state index contributed by atoms with van der Waals surface area (Å²) in [6.07, 6.45) is 3.19. The van der Waals surface area contributed by atoms with Crippen LogP contribution in [-0.4, -0.2) is 25.2 Å². The molecule has 0 aliphatic rings. The van der Waals surface area contributed by atoms with Crippen molar-refractivity contribution in [2.75, 3.05) is 13.2 Å². The van der Waals surface area contributed by atoms with Crippen molar-refractivity contribution in [3.05, 3.63) is 51.8 Å². The molecular formula is C17H20BrNO4. The Kier molecular flexibility index (Phi) is 8.11. The molecule has 1 aromatic carbocycles. The minimum atomic E-state index is -0.713. The molecule has 0 heterocycles. The van der Waals surface area contributed by atoms with E-state index < -0.39 is 11.9 Å². The first-order chi connectivity index (χ1) is 11.0. The first-order valence-electron chi connectivity index (χ1n) is 7.22. The largest absolute Gasteiger partial charge is 0.462 e. The zero-order chi connectivity index (χ0) is 17.2. The maximum atomic E-state index is 11.8. The first-order valence-corrected chi connectivity index (χ1v) is 8.02. The molecule has 0 saturated heterocycles. The maximum Gasteiger partial charge on any atom is 0.347 e. The van der Waals surface area contributed by atoms with E-state index in [4.69, 9.17) is 9.47 Å². The highest BCUT2D eigenvalue weighted by atomic mass is 79.9. The number of carbonyl (C=O) groups is 2. The van der Waals surface area contributed by atoms with Crippen molar-refractivity contribution < 1.29 is 19.1 Å². The van der Waals surface area contributed by atoms with Crippen molar-refractivity contribution >= 4 is 33.9 Å². The fourth-order valence-electron chi connectivity index (χ4n) is 1.66. The molecule has 0 aliphatic carbocycles. The molecule has 0 saturated carbocycles. The average Bonchev–Trinajstić information content (AvgIpc) is 2.50. The molecule has 0 spiro atoms. The van der Waals surface area contributed by atoms with Gasteiger partial charge in [0.15, 0.2) is 5.57 Å². The number of ether oxygens (including phenoxy) is 2. The lowest BCUT2D eigenvalue weighted by Crippen LogP contribution is -2.21. The van der Waals surface area contributed by atoms with Crippen molar-refractivity contribution in [3.63, 3.8) is 0 Å². The molecule has 0 radical (unpaired) electrons. The monoisotopic (exact) mass is 381 g/mol. The molecule has 124 valence electrons. The second kappa shape index (κ2) is 9.84. The van der Waals surface area contributed by atoms with Gasteiger partial charge in [0.05, 0.1) is 13.2 Å². The van der Waals surface area contributed by atoms with Crippen molar-refractivity contribution in [2.45, 2.75) is 20.8 Å². The van der Waals surface area contributed by atoms with Crippen LogP contribution in [0.15, 0.2) is 46.2 Å². The number of benzene rings is 1. The summed E-state index contributed by atoms with van der Waals surface area (Å²) in [5.41, 5.74) is 1.58. The lowest BCUT2D eigenvalue weighted by molar-refractivity contribution is -0.146. The van der Waals surface area contributed by atoms with Crippen LogP contribution in [0.2, 0.25) is 0 Å². The first kappa shape index (κ1) is 19.0. The smallest absolute Gasteiger partial charge is 0.347 e. The molecule has 23 heavy (non-hydrogen) atoms. The standard InChI is InChI=1S/C17H20BrNO4/c1-4-22-16(20)15(17(21)23-5-2)11-19-12(3)10-13-6-8-14(18)9-7-13/h6-11,19H,4-5H2,1-3H3/b12-10+. The van der Waals surface area contributed by atoms with E-state index in [1.165, 1.54) is 6.20 Å². The summed E-state index contributed by atoms with van der Waals surface area (Å²) in [5.74, 6) is -1.43. The highest BCUT2D eigenvalue weighted by Crippen LogP contribution is 2.12. The van der Waals surface area contributed by atoms with Gasteiger partial charge in [-0.2, -0.15) is 0 Å². The molecule has 0 fully saturated rings. The molecule has 1 rings (SSSR count). The minimum absolute atomic E-state index is 0.169. The van der Waals surface area contributed by atoms with Crippen molar-refractivity contribution in [1.82, 2.24) is 5.32 Å². The average molecular weight is 382 g/mol. The molecule has 0 aliphatic heterocycles. The van der Waals surface area contributed by atoms with E-state index in [1.54, 1.807) is 13.8 Å². The van der Waals surface area contributed by atoms with E-state index in [9.17, 15) is 9.59 Å². The Labute approximate surface area is 144 Å². The van der Waals surface area contributed by atoms with Gasteiger partial charge < -0.3 is 14.8 Å². The summed E-state index contributed by atoms with van der Waals surface area (Å²) in [6, 6.07) is 7.74. The number of esters is 2. The highest BCUT2D eigenvalue weighted by Gasteiger charge is 2.20. The minimum Gasteiger partial charge on any atom is -0.462 e. The van der Waals surface area contributed by atoms with Crippen LogP contribution in [0, 0.1) is 0 Å². The number of hydrogen-bond donors (Lipinski definition) is 1. The van der Waals surface area contributed by atoms with Crippen LogP contribution in [0.1, 0.15) is 26.3 Å². The van der Waals surface area contributed by atoms with Crippen LogP contribution >= 0.6 is 15.9 Å². The van der Waals surface area contributed by atoms with Gasteiger partial charge in [0.2, 0.25) is 0 Å². The Morgan fingerprint density at radius 3 is 2.09 bits per heavy atom. The predicted molar refractivity (Wildman–Crippen MR) is 92.3 cm³/mol. The Balaban J connectivity index is 2.87. The number of allylic oxidation sites excluding steroid dienone is 1. The van der Waals surface area contributed by atoms with Gasteiger partial charge in [0.25, 0.3) is 0 Å². The van der Waals surface area contributed by atoms with Gasteiger partial charge in [0, 0.05) is 16.4 Å². The lowest BCUT2D eigenvalue weighted by atomic mass is 10.2. The van der Waals surface area contributed by atoms with Crippen LogP contribution in [0.3, 0.4) is 0 Å². The van der Waals surface area contributed by atoms with E-state index in [2.05, 4.69) is 21.2 Å². The lowest BCUT2D eigenvalue weighted by Gasteiger charge is -2.08. The quantitative estimate of drug-likeness (QED) is 0.339. The number of rotatable bonds is 7. The van der Waals surface area contributed by atoms with Crippen LogP contribution in [0.4, 0.5) is 0 Å². The Hall–Kier alpha value is -2.08. The molecule has 5 nitrogen and oxygen atoms in total. The summed E-state index contributed by atoms with van der Waals surface area (Å²) < 4.78 is 10.7. The molecule has 1 N–H and O–H groups in total. The molecule has 0 amide bonds. The van der Waals surface area contributed by atoms with E-state index >= 15 is 0 Å². The second-order valence-corrected chi connectivity index (χ2v) is 5.44. The maximum absolute atomic E-state index is 11.8. The highest BCUT2D eigenvalue weighted by molar-refractivity contribution is 9.10. The Morgan fingerprint density at radius 2 is 1.61 bits per heavy atom. The Bertz CT molecular complexity index is 586. The summed E-state index contributed by atoms with van der Waals surface area (Å²) in [4.78, 5) is 23.6. The second-order valence-electron chi connectivity index (χ2n) is 4.52. The van der Waals surface area contributed by atoms with Gasteiger partial charge in [-0.25, -0.2) is 9.59 Å². The van der Waals surface area contributed by atoms with E-state index in [1.807, 2.05) is 37.3 Å². The number of halogens is 1. The molecule has 0 atom stereocenters. The van der Waals surface area contributed by atoms with Gasteiger partial charge in [-0.05, 0) is 44.5 Å². The SMILES string of the molecule is CCOC(=O)C(=CN/C(C)=C/c1ccc(Br)cc1)C(=O)OCC. The van der Waals surface area contributed by atoms with Gasteiger partial charge in [-0.15, -0.1) is 0 Å². The van der Waals surface area contributed by atoms with E-state index in [0.29, 0.717) is 0 Å². The molecule has 1 aromatic rings. The fraction of sp³-hybridized carbons (Fsp3) is 0.294. The Morgan fingerprint density at radius 1 is 1.09 bits per heavy atom. The van der Waals surface area contributed by atoms with Gasteiger partial charge >= 0.3 is 11.9 Å². The van der Waals surface area contributed by atoms with Crippen molar-refractivity contribution in [3.8, 4) is 0 Å². The number of hydrogen-bond acceptors (Lipinski definition) is 5. The van der Waals surface area contributed by atoms with Gasteiger partial charge in [0.1, 0.15) is 0 Å². The number of nitrogens with one attached hydrogen (secondary N) is 1. The van der Waals surface area contributed by atoms with Gasteiger partial charge in [-0.1, -0.05) is 28.1 Å². The van der Waals surface area contributed by atoms with Crippen LogP contribution < -0.4 is 5.32 Å². The van der Waals surface area contributed by atoms with E-state index in [0.717, 1.165) is 15.7 Å². The van der Waals surface area contributed by atoms with E-state index in [-0.39, 0.29) is 18.8 Å². The fourth-order valence-corrected chi connectivity index (χ4v) is 1.92. The third-order valence-corrected chi connectivity index (χ3v) is 3.22. The van der Waals surface area contributed by atoms with Crippen LogP contribution in [0.25, 0.3) is 6.08 Å². The van der Waals surface area contributed by atoms with Crippen molar-refractivity contribution in [1.29, 1.82) is 0 Å². The molecule has 0 aromatic heterocycles. The molecule has 0 unspecified atom stereocenters. The molecule has 0 bridgehead atoms. The van der Waals surface area contributed by atoms with Gasteiger partial charge in [-0.3, -0.25) is 0 Å². The third-order valence-electron chi connectivity index (χ3n) is 2.69. The third kappa shape index (κ3) is 6.69. The zero-order valence-corrected chi connectivity index (χ0v) is 15.0. The topological polar surface area (TPSA) is 64.6 Å². The predicted octanol–water partition coefficient (Wildman–Crippen LogP) is 3.41. The summed E-state index contributed by atoms with van der Waals surface area (Å²) in [5, 5.41) is 2.91. The summed E-state index contributed by atoms with van der Waals surface area (Å²) in [7, 11) is 0. The van der Waals surface area contributed by atoms with Crippen molar-refractivity contribution in [2.24, 2.45) is 0 Å². The molecular weight excluding hydrogens is 362 g/mol. The summed E-state index contributed by atoms with van der Waals surface area (Å²) >= 11 is 3.37. The molecule has 6 heteroatoms. The van der Waals surface area contributed by atoms with Crippen LogP contribution in [0.5, 0.6) is 0 Å². The normalized spacial score (nSPS) is 10.7. The number of carbonyl (C=O) groups excluding carboxylic acids is 2. The summed E-state index contributed by atoms with van der Waals surface area (Å²) in [6.45, 7) is 5.54.